The van der Waals surface area contributed by atoms with Gasteiger partial charge in [-0.2, -0.15) is 0 Å². The molecule has 4 rings (SSSR count). The Morgan fingerprint density at radius 1 is 1.08 bits per heavy atom. The zero-order valence-corrected chi connectivity index (χ0v) is 13.3. The van der Waals surface area contributed by atoms with Crippen LogP contribution in [0.25, 0.3) is 11.3 Å². The summed E-state index contributed by atoms with van der Waals surface area (Å²) in [5.74, 6) is 0.322. The molecule has 1 aliphatic rings. The van der Waals surface area contributed by atoms with E-state index in [2.05, 4.69) is 25.3 Å². The summed E-state index contributed by atoms with van der Waals surface area (Å²) < 4.78 is 0. The van der Waals surface area contributed by atoms with Gasteiger partial charge in [-0.05, 0) is 24.3 Å². The second-order valence-electron chi connectivity index (χ2n) is 5.61. The second kappa shape index (κ2) is 6.16. The highest BCUT2D eigenvalue weighted by molar-refractivity contribution is 5.92. The number of pyridine rings is 2. The monoisotopic (exact) mass is 333 g/mol. The van der Waals surface area contributed by atoms with E-state index in [4.69, 9.17) is 5.73 Å². The smallest absolute Gasteiger partial charge is 0.323 e. The Labute approximate surface area is 143 Å². The predicted octanol–water partition coefficient (Wildman–Crippen LogP) is 2.06. The summed E-state index contributed by atoms with van der Waals surface area (Å²) in [5, 5.41) is 2.77. The molecule has 0 atom stereocenters. The van der Waals surface area contributed by atoms with Crippen molar-refractivity contribution in [2.24, 2.45) is 0 Å². The van der Waals surface area contributed by atoms with Crippen molar-refractivity contribution in [3.05, 3.63) is 60.4 Å². The number of fused-ring (bicyclic) bond motifs is 1. The van der Waals surface area contributed by atoms with Gasteiger partial charge >= 0.3 is 6.03 Å². The Hall–Kier alpha value is -3.55. The first kappa shape index (κ1) is 15.0. The van der Waals surface area contributed by atoms with Gasteiger partial charge in [-0.15, -0.1) is 0 Å². The summed E-state index contributed by atoms with van der Waals surface area (Å²) in [5.41, 5.74) is 9.51. The fraction of sp³-hybridized carbons (Fsp3) is 0.118. The summed E-state index contributed by atoms with van der Waals surface area (Å²) in [6.45, 7) is 0.828. The van der Waals surface area contributed by atoms with E-state index in [9.17, 15) is 4.79 Å². The molecule has 0 bridgehead atoms. The fourth-order valence-corrected chi connectivity index (χ4v) is 2.65. The summed E-state index contributed by atoms with van der Waals surface area (Å²) in [6.07, 6.45) is 6.64. The van der Waals surface area contributed by atoms with Crippen molar-refractivity contribution < 1.29 is 4.79 Å². The lowest BCUT2D eigenvalue weighted by molar-refractivity contribution is 0.212. The molecule has 4 heterocycles. The summed E-state index contributed by atoms with van der Waals surface area (Å²) in [4.78, 5) is 31.2. The van der Waals surface area contributed by atoms with Gasteiger partial charge in [-0.1, -0.05) is 0 Å². The Morgan fingerprint density at radius 2 is 1.84 bits per heavy atom. The van der Waals surface area contributed by atoms with Gasteiger partial charge in [0, 0.05) is 30.4 Å². The third-order valence-electron chi connectivity index (χ3n) is 3.94. The molecule has 0 saturated carbocycles. The van der Waals surface area contributed by atoms with E-state index in [1.165, 1.54) is 0 Å². The summed E-state index contributed by atoms with van der Waals surface area (Å²) >= 11 is 0. The number of amides is 2. The van der Waals surface area contributed by atoms with Gasteiger partial charge in [0.2, 0.25) is 0 Å². The average Bonchev–Trinajstić information content (AvgIpc) is 3.08. The molecule has 3 aromatic rings. The van der Waals surface area contributed by atoms with Gasteiger partial charge in [0.15, 0.2) is 5.82 Å². The molecule has 8 heteroatoms. The van der Waals surface area contributed by atoms with Gasteiger partial charge in [0.1, 0.15) is 0 Å². The van der Waals surface area contributed by atoms with Gasteiger partial charge < -0.3 is 10.6 Å². The zero-order valence-electron chi connectivity index (χ0n) is 13.3. The number of nitrogen functional groups attached to an aromatic ring is 1. The number of rotatable bonds is 2. The number of aromatic nitrogens is 4. The van der Waals surface area contributed by atoms with Crippen molar-refractivity contribution in [1.82, 2.24) is 24.8 Å². The molecule has 0 fully saturated rings. The quantitative estimate of drug-likeness (QED) is 0.743. The molecule has 3 aromatic heterocycles. The number of hydrogen-bond donors (Lipinski definition) is 2. The van der Waals surface area contributed by atoms with Crippen LogP contribution in [0.1, 0.15) is 11.4 Å². The molecule has 0 saturated heterocycles. The number of hydrogen-bond acceptors (Lipinski definition) is 6. The van der Waals surface area contributed by atoms with E-state index in [-0.39, 0.29) is 6.03 Å². The van der Waals surface area contributed by atoms with Gasteiger partial charge in [0.05, 0.1) is 35.9 Å². The van der Waals surface area contributed by atoms with E-state index < -0.39 is 0 Å². The molecule has 2 amide bonds. The van der Waals surface area contributed by atoms with E-state index in [1.807, 2.05) is 12.1 Å². The lowest BCUT2D eigenvalue weighted by Crippen LogP contribution is -2.31. The van der Waals surface area contributed by atoms with Crippen LogP contribution in [0.2, 0.25) is 0 Å². The maximum atomic E-state index is 12.5. The molecule has 0 unspecified atom stereocenters. The molecular formula is C17H15N7O. The third kappa shape index (κ3) is 2.97. The number of carbonyl (C=O) groups is 1. The lowest BCUT2D eigenvalue weighted by atomic mass is 10.2. The standard InChI is InChI=1S/C17H15N7O/c18-12-3-4-13(11-2-1-5-19-8-11)22-16(12)23-17(25)24-9-14-15(10-24)21-7-6-20-14/h1-8H,9-10,18H2,(H,22,23,25). The minimum atomic E-state index is -0.290. The SMILES string of the molecule is Nc1ccc(-c2cccnc2)nc1NC(=O)N1Cc2nccnc2C1. The molecule has 0 aromatic carbocycles. The summed E-state index contributed by atoms with van der Waals surface area (Å²) in [7, 11) is 0. The van der Waals surface area contributed by atoms with E-state index in [0.717, 1.165) is 17.0 Å². The number of nitrogens with one attached hydrogen (secondary N) is 1. The van der Waals surface area contributed by atoms with Crippen molar-refractivity contribution in [2.75, 3.05) is 11.1 Å². The van der Waals surface area contributed by atoms with Crippen LogP contribution in [0.5, 0.6) is 0 Å². The van der Waals surface area contributed by atoms with E-state index >= 15 is 0 Å². The predicted molar refractivity (Wildman–Crippen MR) is 92.2 cm³/mol. The number of carbonyl (C=O) groups excluding carboxylic acids is 1. The Kier molecular flexibility index (Phi) is 3.70. The Bertz CT molecular complexity index is 904. The average molecular weight is 333 g/mol. The van der Waals surface area contributed by atoms with E-state index in [0.29, 0.717) is 30.3 Å². The number of urea groups is 1. The molecule has 3 N–H and O–H groups in total. The maximum absolute atomic E-state index is 12.5. The van der Waals surface area contributed by atoms with Crippen LogP contribution in [0, 0.1) is 0 Å². The third-order valence-corrected chi connectivity index (χ3v) is 3.94. The first-order chi connectivity index (χ1) is 12.2. The van der Waals surface area contributed by atoms with Crippen molar-refractivity contribution in [3.63, 3.8) is 0 Å². The zero-order chi connectivity index (χ0) is 17.2. The molecule has 1 aliphatic heterocycles. The van der Waals surface area contributed by atoms with Gasteiger partial charge in [0.25, 0.3) is 0 Å². The molecule has 0 aliphatic carbocycles. The van der Waals surface area contributed by atoms with Crippen LogP contribution in [0.3, 0.4) is 0 Å². The van der Waals surface area contributed by atoms with Crippen LogP contribution in [0.15, 0.2) is 49.1 Å². The van der Waals surface area contributed by atoms with Crippen LogP contribution in [-0.4, -0.2) is 30.9 Å². The Morgan fingerprint density at radius 3 is 2.52 bits per heavy atom. The highest BCUT2D eigenvalue weighted by atomic mass is 16.2. The van der Waals surface area contributed by atoms with Crippen LogP contribution in [-0.2, 0) is 13.1 Å². The number of nitrogens with two attached hydrogens (primary N) is 1. The highest BCUT2D eigenvalue weighted by Crippen LogP contribution is 2.24. The van der Waals surface area contributed by atoms with Crippen LogP contribution in [0.4, 0.5) is 16.3 Å². The first-order valence-electron chi connectivity index (χ1n) is 7.72. The number of nitrogens with zero attached hydrogens (tertiary/aromatic N) is 5. The van der Waals surface area contributed by atoms with Crippen molar-refractivity contribution in [3.8, 4) is 11.3 Å². The van der Waals surface area contributed by atoms with Gasteiger partial charge in [-0.25, -0.2) is 9.78 Å². The van der Waals surface area contributed by atoms with Crippen molar-refractivity contribution >= 4 is 17.5 Å². The topological polar surface area (TPSA) is 110 Å². The van der Waals surface area contributed by atoms with Crippen molar-refractivity contribution in [1.29, 1.82) is 0 Å². The minimum absolute atomic E-state index is 0.290. The molecule has 124 valence electrons. The normalized spacial score (nSPS) is 12.7. The van der Waals surface area contributed by atoms with E-state index in [1.54, 1.807) is 41.8 Å². The molecule has 25 heavy (non-hydrogen) atoms. The lowest BCUT2D eigenvalue weighted by Gasteiger charge is -2.16. The van der Waals surface area contributed by atoms with Crippen LogP contribution >= 0.6 is 0 Å². The first-order valence-corrected chi connectivity index (χ1v) is 7.72. The molecule has 8 nitrogen and oxygen atoms in total. The largest absolute Gasteiger partial charge is 0.396 e. The van der Waals surface area contributed by atoms with Crippen LogP contribution < -0.4 is 11.1 Å². The molecule has 0 spiro atoms. The fourth-order valence-electron chi connectivity index (χ4n) is 2.65. The van der Waals surface area contributed by atoms with Crippen molar-refractivity contribution in [2.45, 2.75) is 13.1 Å². The van der Waals surface area contributed by atoms with Gasteiger partial charge in [-0.3, -0.25) is 20.3 Å². The highest BCUT2D eigenvalue weighted by Gasteiger charge is 2.25. The molecule has 0 radical (unpaired) electrons. The minimum Gasteiger partial charge on any atom is -0.396 e. The second-order valence-corrected chi connectivity index (χ2v) is 5.61. The number of anilines is 2. The molecular weight excluding hydrogens is 318 g/mol. The Balaban J connectivity index is 1.54. The maximum Gasteiger partial charge on any atom is 0.323 e. The summed E-state index contributed by atoms with van der Waals surface area (Å²) in [6, 6.07) is 6.94.